The van der Waals surface area contributed by atoms with Crippen LogP contribution in [0.4, 0.5) is 0 Å². The van der Waals surface area contributed by atoms with Gasteiger partial charge in [0.05, 0.1) is 18.8 Å². The monoisotopic (exact) mass is 335 g/mol. The van der Waals surface area contributed by atoms with E-state index in [2.05, 4.69) is 10.1 Å². The first-order chi connectivity index (χ1) is 11.0. The van der Waals surface area contributed by atoms with Gasteiger partial charge < -0.3 is 10.2 Å². The summed E-state index contributed by atoms with van der Waals surface area (Å²) in [5, 5.41) is 26.2. The molecule has 0 radical (unpaired) electrons. The van der Waals surface area contributed by atoms with Gasteiger partial charge in [-0.1, -0.05) is 30.7 Å². The lowest BCUT2D eigenvalue weighted by molar-refractivity contribution is -0.116. The Morgan fingerprint density at radius 1 is 1.35 bits per heavy atom. The van der Waals surface area contributed by atoms with Crippen LogP contribution < -0.4 is 0 Å². The third kappa shape index (κ3) is 3.01. The average molecular weight is 336 g/mol. The zero-order valence-electron chi connectivity index (χ0n) is 13.2. The molecule has 6 heteroatoms. The van der Waals surface area contributed by atoms with Crippen LogP contribution in [-0.2, 0) is 13.0 Å². The SMILES string of the molecule is C[C@@]1(CO)CC[C@@H](Cc2ccc(Cl)cc2)[C@]1(O)Cn1cncn1. The van der Waals surface area contributed by atoms with Gasteiger partial charge >= 0.3 is 0 Å². The first-order valence-electron chi connectivity index (χ1n) is 7.87. The predicted molar refractivity (Wildman–Crippen MR) is 88.0 cm³/mol. The number of halogens is 1. The number of aliphatic hydroxyl groups is 2. The van der Waals surface area contributed by atoms with Crippen molar-refractivity contribution in [1.82, 2.24) is 14.8 Å². The van der Waals surface area contributed by atoms with Gasteiger partial charge in [0.1, 0.15) is 12.7 Å². The van der Waals surface area contributed by atoms with Gasteiger partial charge in [0, 0.05) is 10.4 Å². The molecule has 1 aliphatic rings. The lowest BCUT2D eigenvalue weighted by atomic mass is 9.71. The van der Waals surface area contributed by atoms with Crippen LogP contribution >= 0.6 is 11.6 Å². The lowest BCUT2D eigenvalue weighted by Gasteiger charge is -2.42. The minimum absolute atomic E-state index is 0.0463. The molecule has 0 bridgehead atoms. The summed E-state index contributed by atoms with van der Waals surface area (Å²) in [6, 6.07) is 7.72. The Morgan fingerprint density at radius 3 is 2.70 bits per heavy atom. The van der Waals surface area contributed by atoms with Crippen molar-refractivity contribution in [2.75, 3.05) is 6.61 Å². The van der Waals surface area contributed by atoms with Crippen molar-refractivity contribution >= 4 is 11.6 Å². The Morgan fingerprint density at radius 2 is 2.09 bits per heavy atom. The maximum atomic E-state index is 11.5. The number of hydrogen-bond acceptors (Lipinski definition) is 4. The highest BCUT2D eigenvalue weighted by Crippen LogP contribution is 2.51. The summed E-state index contributed by atoms with van der Waals surface area (Å²) in [6.07, 6.45) is 5.46. The van der Waals surface area contributed by atoms with Gasteiger partial charge in [-0.3, -0.25) is 4.68 Å². The molecular formula is C17H22ClN3O2. The van der Waals surface area contributed by atoms with Gasteiger partial charge in [0.15, 0.2) is 0 Å². The molecule has 0 aliphatic heterocycles. The zero-order chi connectivity index (χ0) is 16.5. The quantitative estimate of drug-likeness (QED) is 0.879. The van der Waals surface area contributed by atoms with E-state index in [1.54, 1.807) is 11.0 Å². The van der Waals surface area contributed by atoms with Crippen molar-refractivity contribution in [3.63, 3.8) is 0 Å². The smallest absolute Gasteiger partial charge is 0.137 e. The molecule has 3 rings (SSSR count). The summed E-state index contributed by atoms with van der Waals surface area (Å²) in [5.41, 5.74) is -0.441. The average Bonchev–Trinajstić information content (AvgIpc) is 3.12. The highest BCUT2D eigenvalue weighted by Gasteiger charge is 2.56. The molecule has 1 saturated carbocycles. The summed E-state index contributed by atoms with van der Waals surface area (Å²) in [5.74, 6) is 0.0463. The van der Waals surface area contributed by atoms with E-state index in [0.29, 0.717) is 11.6 Å². The fourth-order valence-corrected chi connectivity index (χ4v) is 3.84. The molecule has 0 amide bonds. The van der Waals surface area contributed by atoms with Gasteiger partial charge in [0.2, 0.25) is 0 Å². The van der Waals surface area contributed by atoms with Gasteiger partial charge in [0.25, 0.3) is 0 Å². The highest BCUT2D eigenvalue weighted by atomic mass is 35.5. The summed E-state index contributed by atoms with van der Waals surface area (Å²) in [7, 11) is 0. The van der Waals surface area contributed by atoms with Gasteiger partial charge in [-0.25, -0.2) is 4.98 Å². The second kappa shape index (κ2) is 6.23. The fraction of sp³-hybridized carbons (Fsp3) is 0.529. The van der Waals surface area contributed by atoms with Crippen molar-refractivity contribution in [2.24, 2.45) is 11.3 Å². The van der Waals surface area contributed by atoms with Crippen LogP contribution in [0.2, 0.25) is 5.02 Å². The highest BCUT2D eigenvalue weighted by molar-refractivity contribution is 6.30. The molecule has 23 heavy (non-hydrogen) atoms. The van der Waals surface area contributed by atoms with Crippen molar-refractivity contribution in [1.29, 1.82) is 0 Å². The summed E-state index contributed by atoms with van der Waals surface area (Å²) >= 11 is 5.95. The number of aromatic nitrogens is 3. The Kier molecular flexibility index (Phi) is 4.45. The van der Waals surface area contributed by atoms with Gasteiger partial charge in [-0.05, 0) is 42.9 Å². The van der Waals surface area contributed by atoms with Crippen LogP contribution in [-0.4, -0.2) is 37.2 Å². The van der Waals surface area contributed by atoms with Crippen LogP contribution in [0.25, 0.3) is 0 Å². The van der Waals surface area contributed by atoms with Crippen molar-refractivity contribution in [2.45, 2.75) is 38.3 Å². The van der Waals surface area contributed by atoms with E-state index in [4.69, 9.17) is 11.6 Å². The summed E-state index contributed by atoms with van der Waals surface area (Å²) < 4.78 is 1.65. The topological polar surface area (TPSA) is 71.2 Å². The van der Waals surface area contributed by atoms with Gasteiger partial charge in [-0.15, -0.1) is 0 Å². The third-order valence-electron chi connectivity index (χ3n) is 5.38. The number of benzene rings is 1. The number of aliphatic hydroxyl groups excluding tert-OH is 1. The Hall–Kier alpha value is -1.43. The fourth-order valence-electron chi connectivity index (χ4n) is 3.71. The minimum Gasteiger partial charge on any atom is -0.396 e. The van der Waals surface area contributed by atoms with Gasteiger partial charge in [-0.2, -0.15) is 5.10 Å². The molecule has 5 nitrogen and oxygen atoms in total. The van der Waals surface area contributed by atoms with E-state index >= 15 is 0 Å². The summed E-state index contributed by atoms with van der Waals surface area (Å²) in [4.78, 5) is 3.95. The standard InChI is InChI=1S/C17H22ClN3O2/c1-16(10-22)7-6-14(8-13-2-4-15(18)5-3-13)17(16,23)9-21-12-19-11-20-21/h2-5,11-12,14,22-23H,6-10H2,1H3/t14-,16-,17+/m0/s1. The maximum Gasteiger partial charge on any atom is 0.137 e. The molecule has 0 spiro atoms. The van der Waals surface area contributed by atoms with Crippen LogP contribution in [0.3, 0.4) is 0 Å². The second-order valence-electron chi connectivity index (χ2n) is 6.80. The van der Waals surface area contributed by atoms with E-state index in [-0.39, 0.29) is 12.5 Å². The molecule has 1 aromatic heterocycles. The molecule has 1 heterocycles. The Bertz CT molecular complexity index is 646. The lowest BCUT2D eigenvalue weighted by Crippen LogP contribution is -2.52. The largest absolute Gasteiger partial charge is 0.396 e. The molecule has 0 saturated heterocycles. The van der Waals surface area contributed by atoms with E-state index in [9.17, 15) is 10.2 Å². The third-order valence-corrected chi connectivity index (χ3v) is 5.63. The first-order valence-corrected chi connectivity index (χ1v) is 8.25. The minimum atomic E-state index is -1.03. The van der Waals surface area contributed by atoms with Crippen molar-refractivity contribution in [3.05, 3.63) is 47.5 Å². The number of hydrogen-bond donors (Lipinski definition) is 2. The van der Waals surface area contributed by atoms with Crippen LogP contribution in [0.15, 0.2) is 36.9 Å². The molecule has 0 unspecified atom stereocenters. The molecular weight excluding hydrogens is 314 g/mol. The van der Waals surface area contributed by atoms with Crippen molar-refractivity contribution < 1.29 is 10.2 Å². The van der Waals surface area contributed by atoms with E-state index in [1.807, 2.05) is 31.2 Å². The van der Waals surface area contributed by atoms with E-state index < -0.39 is 11.0 Å². The predicted octanol–water partition coefficient (Wildman–Crippen LogP) is 2.31. The first kappa shape index (κ1) is 16.4. The molecule has 1 aliphatic carbocycles. The normalized spacial score (nSPS) is 30.7. The number of nitrogens with zero attached hydrogens (tertiary/aromatic N) is 3. The molecule has 2 aromatic rings. The van der Waals surface area contributed by atoms with Crippen LogP contribution in [0.5, 0.6) is 0 Å². The Labute approximate surface area is 140 Å². The molecule has 2 N–H and O–H groups in total. The van der Waals surface area contributed by atoms with Crippen LogP contribution in [0, 0.1) is 11.3 Å². The maximum absolute atomic E-state index is 11.5. The number of rotatable bonds is 5. The van der Waals surface area contributed by atoms with Crippen LogP contribution in [0.1, 0.15) is 25.3 Å². The van der Waals surface area contributed by atoms with Crippen molar-refractivity contribution in [3.8, 4) is 0 Å². The Balaban J connectivity index is 1.87. The summed E-state index contributed by atoms with van der Waals surface area (Å²) in [6.45, 7) is 2.24. The van der Waals surface area contributed by atoms with E-state index in [0.717, 1.165) is 24.8 Å². The zero-order valence-corrected chi connectivity index (χ0v) is 13.9. The molecule has 3 atom stereocenters. The molecule has 124 valence electrons. The second-order valence-corrected chi connectivity index (χ2v) is 7.24. The molecule has 1 fully saturated rings. The van der Waals surface area contributed by atoms with E-state index in [1.165, 1.54) is 6.33 Å². The molecule has 1 aromatic carbocycles.